The van der Waals surface area contributed by atoms with E-state index in [1.807, 2.05) is 24.1 Å². The number of nitrogens with one attached hydrogen (secondary N) is 1. The summed E-state index contributed by atoms with van der Waals surface area (Å²) in [5.74, 6) is 1.73. The summed E-state index contributed by atoms with van der Waals surface area (Å²) in [5, 5.41) is 15.9. The zero-order valence-electron chi connectivity index (χ0n) is 10.9. The third kappa shape index (κ3) is 4.63. The van der Waals surface area contributed by atoms with Crippen LogP contribution in [0.15, 0.2) is 11.5 Å². The highest BCUT2D eigenvalue weighted by Crippen LogP contribution is 2.26. The first-order chi connectivity index (χ1) is 9.07. The second-order valence-electron chi connectivity index (χ2n) is 4.68. The van der Waals surface area contributed by atoms with Gasteiger partial charge in [-0.3, -0.25) is 4.79 Å². The minimum absolute atomic E-state index is 0.183. The largest absolute Gasteiger partial charge is 0.388 e. The van der Waals surface area contributed by atoms with Crippen LogP contribution in [0, 0.1) is 6.92 Å². The molecule has 1 aromatic rings. The van der Waals surface area contributed by atoms with E-state index < -0.39 is 5.60 Å². The van der Waals surface area contributed by atoms with Crippen molar-refractivity contribution >= 4 is 35.1 Å². The smallest absolute Gasteiger partial charge is 0.244 e. The van der Waals surface area contributed by atoms with E-state index in [0.29, 0.717) is 6.54 Å². The lowest BCUT2D eigenvalue weighted by atomic mass is 9.97. The van der Waals surface area contributed by atoms with Crippen LogP contribution in [0.2, 0.25) is 0 Å². The number of carbonyl (C=O) groups is 1. The van der Waals surface area contributed by atoms with Crippen LogP contribution in [-0.4, -0.2) is 39.6 Å². The van der Waals surface area contributed by atoms with Crippen molar-refractivity contribution < 1.29 is 9.90 Å². The topological polar surface area (TPSA) is 62.2 Å². The molecule has 19 heavy (non-hydrogen) atoms. The lowest BCUT2D eigenvalue weighted by Crippen LogP contribution is -2.44. The number of carbonyl (C=O) groups excluding carboxylic acids is 1. The van der Waals surface area contributed by atoms with E-state index >= 15 is 0 Å². The number of hydrogen-bond donors (Lipinski definition) is 2. The molecule has 0 bridgehead atoms. The number of thioether (sulfide) groups is 1. The monoisotopic (exact) mass is 298 g/mol. The van der Waals surface area contributed by atoms with Crippen LogP contribution >= 0.6 is 23.1 Å². The van der Waals surface area contributed by atoms with Gasteiger partial charge in [-0.1, -0.05) is 0 Å². The summed E-state index contributed by atoms with van der Waals surface area (Å²) in [4.78, 5) is 15.9. The molecule has 1 amide bonds. The number of thiazole rings is 1. The number of aryl methyl sites for hydroxylation is 1. The van der Waals surface area contributed by atoms with Crippen molar-refractivity contribution in [2.24, 2.45) is 0 Å². The maximum atomic E-state index is 11.7. The van der Waals surface area contributed by atoms with E-state index in [9.17, 15) is 9.90 Å². The molecule has 1 aromatic heterocycles. The molecule has 2 rings (SSSR count). The second-order valence-corrected chi connectivity index (χ2v) is 6.97. The van der Waals surface area contributed by atoms with Gasteiger partial charge in [0, 0.05) is 18.0 Å². The fourth-order valence-corrected chi connectivity index (χ4v) is 3.69. The summed E-state index contributed by atoms with van der Waals surface area (Å²) >= 11 is 3.40. The first kappa shape index (κ1) is 14.6. The maximum Gasteiger partial charge on any atom is 0.244 e. The average Bonchev–Trinajstić information content (AvgIpc) is 2.81. The Morgan fingerprint density at radius 2 is 2.32 bits per heavy atom. The van der Waals surface area contributed by atoms with Gasteiger partial charge >= 0.3 is 0 Å². The molecule has 0 atom stereocenters. The predicted molar refractivity (Wildman–Crippen MR) is 80.4 cm³/mol. The number of aromatic nitrogens is 1. The van der Waals surface area contributed by atoms with Crippen molar-refractivity contribution in [3.8, 4) is 0 Å². The molecule has 1 aliphatic rings. The van der Waals surface area contributed by atoms with Gasteiger partial charge in [0.05, 0.1) is 16.3 Å². The predicted octanol–water partition coefficient (Wildman–Crippen LogP) is 1.84. The van der Waals surface area contributed by atoms with Crippen LogP contribution in [0.3, 0.4) is 0 Å². The molecule has 1 aliphatic heterocycles. The number of rotatable bonds is 4. The Labute approximate surface area is 121 Å². The van der Waals surface area contributed by atoms with Gasteiger partial charge < -0.3 is 10.4 Å². The Morgan fingerprint density at radius 1 is 1.58 bits per heavy atom. The molecule has 0 radical (unpaired) electrons. The van der Waals surface area contributed by atoms with Gasteiger partial charge in [0.25, 0.3) is 0 Å². The van der Waals surface area contributed by atoms with Crippen molar-refractivity contribution in [1.82, 2.24) is 10.3 Å². The van der Waals surface area contributed by atoms with Gasteiger partial charge in [0.1, 0.15) is 0 Å². The summed E-state index contributed by atoms with van der Waals surface area (Å²) in [7, 11) is 0. The third-order valence-corrected chi connectivity index (χ3v) is 4.83. The molecule has 104 valence electrons. The van der Waals surface area contributed by atoms with E-state index in [-0.39, 0.29) is 5.91 Å². The van der Waals surface area contributed by atoms with Crippen LogP contribution in [-0.2, 0) is 4.79 Å². The lowest BCUT2D eigenvalue weighted by Gasteiger charge is -2.31. The number of nitrogens with zero attached hydrogens (tertiary/aromatic N) is 1. The highest BCUT2D eigenvalue weighted by molar-refractivity contribution is 7.99. The van der Waals surface area contributed by atoms with Gasteiger partial charge in [0.2, 0.25) is 5.91 Å². The molecular weight excluding hydrogens is 280 g/mol. The molecule has 0 aliphatic carbocycles. The molecular formula is C13H18N2O2S2. The molecule has 2 N–H and O–H groups in total. The van der Waals surface area contributed by atoms with E-state index in [1.54, 1.807) is 17.4 Å². The second kappa shape index (κ2) is 6.54. The van der Waals surface area contributed by atoms with Crippen molar-refractivity contribution in [2.75, 3.05) is 18.1 Å². The lowest BCUT2D eigenvalue weighted by molar-refractivity contribution is -0.117. The molecule has 6 heteroatoms. The van der Waals surface area contributed by atoms with Crippen LogP contribution in [0.5, 0.6) is 0 Å². The quantitative estimate of drug-likeness (QED) is 0.833. The molecule has 0 aromatic carbocycles. The minimum Gasteiger partial charge on any atom is -0.388 e. The third-order valence-electron chi connectivity index (χ3n) is 3.06. The van der Waals surface area contributed by atoms with Crippen LogP contribution < -0.4 is 5.32 Å². The van der Waals surface area contributed by atoms with Gasteiger partial charge in [-0.2, -0.15) is 11.8 Å². The van der Waals surface area contributed by atoms with Crippen molar-refractivity contribution in [3.63, 3.8) is 0 Å². The standard InChI is InChI=1S/C13H18N2O2S2/c1-10-15-11(8-19-10)2-3-12(16)14-9-13(17)4-6-18-7-5-13/h2-3,8,17H,4-7,9H2,1H3,(H,14,16). The molecule has 4 nitrogen and oxygen atoms in total. The fraction of sp³-hybridized carbons (Fsp3) is 0.538. The SMILES string of the molecule is Cc1nc(C=CC(=O)NCC2(O)CCSCC2)cs1. The Bertz CT molecular complexity index is 465. The van der Waals surface area contributed by atoms with Crippen molar-refractivity contribution in [2.45, 2.75) is 25.4 Å². The Hall–Kier alpha value is -0.850. The maximum absolute atomic E-state index is 11.7. The summed E-state index contributed by atoms with van der Waals surface area (Å²) < 4.78 is 0. The number of aliphatic hydroxyl groups is 1. The zero-order chi connectivity index (χ0) is 13.7. The fourth-order valence-electron chi connectivity index (χ4n) is 1.86. The molecule has 2 heterocycles. The van der Waals surface area contributed by atoms with Gasteiger partial charge in [-0.25, -0.2) is 4.98 Å². The Kier molecular flexibility index (Phi) is 5.01. The first-order valence-electron chi connectivity index (χ1n) is 6.26. The zero-order valence-corrected chi connectivity index (χ0v) is 12.5. The summed E-state index contributed by atoms with van der Waals surface area (Å²) in [6.45, 7) is 2.26. The number of hydrogen-bond acceptors (Lipinski definition) is 5. The minimum atomic E-state index is -0.730. The molecule has 0 spiro atoms. The Morgan fingerprint density at radius 3 is 2.95 bits per heavy atom. The van der Waals surface area contributed by atoms with Gasteiger partial charge in [-0.15, -0.1) is 11.3 Å². The summed E-state index contributed by atoms with van der Waals surface area (Å²) in [6.07, 6.45) is 4.65. The Balaban J connectivity index is 1.79. The van der Waals surface area contributed by atoms with Crippen LogP contribution in [0.4, 0.5) is 0 Å². The summed E-state index contributed by atoms with van der Waals surface area (Å²) in [5.41, 5.74) is 0.0665. The first-order valence-corrected chi connectivity index (χ1v) is 8.29. The molecule has 1 saturated heterocycles. The van der Waals surface area contributed by atoms with E-state index in [4.69, 9.17) is 0 Å². The molecule has 1 fully saturated rings. The van der Waals surface area contributed by atoms with Gasteiger partial charge in [0.15, 0.2) is 0 Å². The van der Waals surface area contributed by atoms with Crippen LogP contribution in [0.1, 0.15) is 23.5 Å². The molecule has 0 unspecified atom stereocenters. The highest BCUT2D eigenvalue weighted by atomic mass is 32.2. The van der Waals surface area contributed by atoms with E-state index in [2.05, 4.69) is 10.3 Å². The van der Waals surface area contributed by atoms with E-state index in [1.165, 1.54) is 6.08 Å². The van der Waals surface area contributed by atoms with Crippen LogP contribution in [0.25, 0.3) is 6.08 Å². The molecule has 0 saturated carbocycles. The van der Waals surface area contributed by atoms with Crippen molar-refractivity contribution in [1.29, 1.82) is 0 Å². The average molecular weight is 298 g/mol. The summed E-state index contributed by atoms with van der Waals surface area (Å²) in [6, 6.07) is 0. The van der Waals surface area contributed by atoms with Gasteiger partial charge in [-0.05, 0) is 37.3 Å². The highest BCUT2D eigenvalue weighted by Gasteiger charge is 2.29. The number of amides is 1. The normalized spacial score (nSPS) is 18.6. The van der Waals surface area contributed by atoms with Crippen molar-refractivity contribution in [3.05, 3.63) is 22.2 Å². The van der Waals surface area contributed by atoms with E-state index in [0.717, 1.165) is 35.0 Å².